The largest absolute Gasteiger partial charge is 0.394 e. The Morgan fingerprint density at radius 3 is 2.57 bits per heavy atom. The monoisotopic (exact) mass is 417 g/mol. The second-order valence-electron chi connectivity index (χ2n) is 8.07. The molecule has 3 heterocycles. The molecule has 0 amide bonds. The summed E-state index contributed by atoms with van der Waals surface area (Å²) < 4.78 is 7.52. The summed E-state index contributed by atoms with van der Waals surface area (Å²) in [6, 6.07) is 5.15. The minimum absolute atomic E-state index is 0.00609. The fraction of sp³-hybridized carbons (Fsp3) is 0.571. The molecule has 9 nitrogen and oxygen atoms in total. The normalized spacial score (nSPS) is 27.4. The minimum atomic E-state index is -1.40. The van der Waals surface area contributed by atoms with Crippen molar-refractivity contribution in [3.8, 4) is 0 Å². The molecule has 1 aliphatic carbocycles. The number of aromatic nitrogens is 3. The van der Waals surface area contributed by atoms with Crippen molar-refractivity contribution in [3.63, 3.8) is 0 Å². The summed E-state index contributed by atoms with van der Waals surface area (Å²) in [5, 5.41) is 29.5. The molecule has 1 saturated heterocycles. The molecular formula is C21H27N3O6. The third kappa shape index (κ3) is 3.98. The maximum Gasteiger partial charge on any atom is 0.333 e. The van der Waals surface area contributed by atoms with Gasteiger partial charge < -0.3 is 20.1 Å². The molecule has 9 heteroatoms. The van der Waals surface area contributed by atoms with Crippen LogP contribution < -0.4 is 11.2 Å². The van der Waals surface area contributed by atoms with E-state index in [1.807, 2.05) is 12.1 Å². The summed E-state index contributed by atoms with van der Waals surface area (Å²) in [5.41, 5.74) is 0.610. The van der Waals surface area contributed by atoms with E-state index < -0.39 is 42.4 Å². The third-order valence-corrected chi connectivity index (χ3v) is 6.12. The van der Waals surface area contributed by atoms with Gasteiger partial charge in [-0.3, -0.25) is 18.9 Å². The molecule has 2 unspecified atom stereocenters. The molecule has 0 spiro atoms. The predicted molar refractivity (Wildman–Crippen MR) is 107 cm³/mol. The molecule has 30 heavy (non-hydrogen) atoms. The number of hydrogen-bond acceptors (Lipinski definition) is 7. The van der Waals surface area contributed by atoms with Gasteiger partial charge in [0.2, 0.25) is 0 Å². The van der Waals surface area contributed by atoms with Crippen molar-refractivity contribution in [2.45, 2.75) is 69.1 Å². The topological polar surface area (TPSA) is 127 Å². The number of aliphatic hydroxyl groups is 3. The molecule has 2 aromatic heterocycles. The number of aliphatic hydroxyl groups excluding tert-OH is 3. The number of ether oxygens (including phenoxy) is 1. The minimum Gasteiger partial charge on any atom is -0.394 e. The van der Waals surface area contributed by atoms with Gasteiger partial charge in [0.05, 0.1) is 18.8 Å². The molecule has 0 bridgehead atoms. The summed E-state index contributed by atoms with van der Waals surface area (Å²) in [5.74, 6) is 0.476. The molecule has 4 rings (SSSR count). The Morgan fingerprint density at radius 1 is 1.10 bits per heavy atom. The SMILES string of the molecule is O=c1ccn([C@@H]2O[C@H](CO)C(O)C2O)c(=O)n1Cc1cc(C2CCCCC2)ccn1. The van der Waals surface area contributed by atoms with E-state index in [9.17, 15) is 24.9 Å². The lowest BCUT2D eigenvalue weighted by molar-refractivity contribution is -0.0555. The van der Waals surface area contributed by atoms with Gasteiger partial charge in [0.1, 0.15) is 18.3 Å². The van der Waals surface area contributed by atoms with Gasteiger partial charge in [0.25, 0.3) is 5.56 Å². The first kappa shape index (κ1) is 20.9. The van der Waals surface area contributed by atoms with E-state index in [1.165, 1.54) is 37.1 Å². The van der Waals surface area contributed by atoms with Crippen LogP contribution in [-0.4, -0.2) is 54.4 Å². The Bertz CT molecular complexity index is 997. The van der Waals surface area contributed by atoms with Crippen molar-refractivity contribution in [1.82, 2.24) is 14.1 Å². The standard InChI is InChI=1S/C21H27N3O6/c25-12-16-18(27)19(28)20(30-16)23-9-7-17(26)24(21(23)29)11-15-10-14(6-8-22-15)13-4-2-1-3-5-13/h6-10,13,16,18-20,25,27-28H,1-5,11-12H2/t16-,18?,19?,20-/m1/s1. The quantitative estimate of drug-likeness (QED) is 0.630. The van der Waals surface area contributed by atoms with Gasteiger partial charge in [-0.25, -0.2) is 4.79 Å². The van der Waals surface area contributed by atoms with Crippen LogP contribution in [0.5, 0.6) is 0 Å². The lowest BCUT2D eigenvalue weighted by Gasteiger charge is -2.22. The lowest BCUT2D eigenvalue weighted by atomic mass is 9.84. The first-order valence-corrected chi connectivity index (χ1v) is 10.4. The average Bonchev–Trinajstić information content (AvgIpc) is 3.06. The highest BCUT2D eigenvalue weighted by atomic mass is 16.6. The molecule has 162 valence electrons. The lowest BCUT2D eigenvalue weighted by Crippen LogP contribution is -2.43. The van der Waals surface area contributed by atoms with Crippen LogP contribution in [0.15, 0.2) is 40.2 Å². The highest BCUT2D eigenvalue weighted by Gasteiger charge is 2.43. The zero-order chi connectivity index (χ0) is 21.3. The second kappa shape index (κ2) is 8.81. The summed E-state index contributed by atoms with van der Waals surface area (Å²) in [4.78, 5) is 29.7. The smallest absolute Gasteiger partial charge is 0.333 e. The third-order valence-electron chi connectivity index (χ3n) is 6.12. The van der Waals surface area contributed by atoms with Crippen molar-refractivity contribution in [3.05, 3.63) is 62.7 Å². The van der Waals surface area contributed by atoms with Crippen LogP contribution in [0, 0.1) is 0 Å². The number of pyridine rings is 1. The van der Waals surface area contributed by atoms with Crippen LogP contribution in [0.4, 0.5) is 0 Å². The van der Waals surface area contributed by atoms with Crippen molar-refractivity contribution >= 4 is 0 Å². The Labute approximate surface area is 173 Å². The highest BCUT2D eigenvalue weighted by Crippen LogP contribution is 2.32. The van der Waals surface area contributed by atoms with Crippen LogP contribution in [-0.2, 0) is 11.3 Å². The van der Waals surface area contributed by atoms with Gasteiger partial charge in [0.15, 0.2) is 6.23 Å². The molecular weight excluding hydrogens is 390 g/mol. The molecule has 2 aliphatic rings. The van der Waals surface area contributed by atoms with E-state index in [0.29, 0.717) is 11.6 Å². The Balaban J connectivity index is 1.62. The summed E-state index contributed by atoms with van der Waals surface area (Å²) in [7, 11) is 0. The fourth-order valence-corrected chi connectivity index (χ4v) is 4.42. The number of hydrogen-bond donors (Lipinski definition) is 3. The van der Waals surface area contributed by atoms with Gasteiger partial charge in [-0.15, -0.1) is 0 Å². The van der Waals surface area contributed by atoms with Gasteiger partial charge in [-0.05, 0) is 36.5 Å². The summed E-state index contributed by atoms with van der Waals surface area (Å²) >= 11 is 0. The van der Waals surface area contributed by atoms with E-state index in [1.54, 1.807) is 6.20 Å². The maximum absolute atomic E-state index is 13.0. The van der Waals surface area contributed by atoms with Gasteiger partial charge >= 0.3 is 5.69 Å². The molecule has 3 N–H and O–H groups in total. The van der Waals surface area contributed by atoms with Crippen LogP contribution in [0.3, 0.4) is 0 Å². The van der Waals surface area contributed by atoms with Crippen molar-refractivity contribution < 1.29 is 20.1 Å². The van der Waals surface area contributed by atoms with Crippen LogP contribution >= 0.6 is 0 Å². The van der Waals surface area contributed by atoms with Crippen molar-refractivity contribution in [1.29, 1.82) is 0 Å². The average molecular weight is 417 g/mol. The number of nitrogens with zero attached hydrogens (tertiary/aromatic N) is 3. The zero-order valence-electron chi connectivity index (χ0n) is 16.6. The summed E-state index contributed by atoms with van der Waals surface area (Å²) in [6.07, 6.45) is 3.92. The van der Waals surface area contributed by atoms with Crippen LogP contribution in [0.25, 0.3) is 0 Å². The first-order valence-electron chi connectivity index (χ1n) is 10.4. The highest BCUT2D eigenvalue weighted by molar-refractivity contribution is 5.21. The van der Waals surface area contributed by atoms with Gasteiger partial charge in [-0.1, -0.05) is 19.3 Å². The van der Waals surface area contributed by atoms with E-state index in [4.69, 9.17) is 4.74 Å². The fourth-order valence-electron chi connectivity index (χ4n) is 4.42. The second-order valence-corrected chi connectivity index (χ2v) is 8.07. The van der Waals surface area contributed by atoms with Gasteiger partial charge in [-0.2, -0.15) is 0 Å². The van der Waals surface area contributed by atoms with E-state index in [0.717, 1.165) is 22.0 Å². The molecule has 1 saturated carbocycles. The Kier molecular flexibility index (Phi) is 6.14. The predicted octanol–water partition coefficient (Wildman–Crippen LogP) is 0.112. The molecule has 2 aromatic rings. The maximum atomic E-state index is 13.0. The van der Waals surface area contributed by atoms with E-state index in [-0.39, 0.29) is 6.54 Å². The van der Waals surface area contributed by atoms with Crippen LogP contribution in [0.2, 0.25) is 0 Å². The van der Waals surface area contributed by atoms with Crippen molar-refractivity contribution in [2.75, 3.05) is 6.61 Å². The zero-order valence-corrected chi connectivity index (χ0v) is 16.6. The molecule has 1 aliphatic heterocycles. The van der Waals surface area contributed by atoms with E-state index in [2.05, 4.69) is 4.98 Å². The molecule has 0 aromatic carbocycles. The Morgan fingerprint density at radius 2 is 1.87 bits per heavy atom. The first-order chi connectivity index (χ1) is 14.5. The van der Waals surface area contributed by atoms with Crippen LogP contribution in [0.1, 0.15) is 55.5 Å². The molecule has 4 atom stereocenters. The van der Waals surface area contributed by atoms with E-state index >= 15 is 0 Å². The molecule has 0 radical (unpaired) electrons. The number of rotatable bonds is 5. The van der Waals surface area contributed by atoms with Gasteiger partial charge in [0, 0.05) is 18.5 Å². The van der Waals surface area contributed by atoms with Crippen molar-refractivity contribution in [2.24, 2.45) is 0 Å². The Hall–Kier alpha value is -2.33. The summed E-state index contributed by atoms with van der Waals surface area (Å²) in [6.45, 7) is -0.505. The molecule has 2 fully saturated rings.